The highest BCUT2D eigenvalue weighted by atomic mass is 16.3. The molecule has 1 aliphatic heterocycles. The van der Waals surface area contributed by atoms with Crippen molar-refractivity contribution in [2.24, 2.45) is 5.92 Å². The van der Waals surface area contributed by atoms with Crippen LogP contribution in [0.2, 0.25) is 0 Å². The molecule has 2 atom stereocenters. The Morgan fingerprint density at radius 1 is 1.28 bits per heavy atom. The Hall–Kier alpha value is -2.41. The van der Waals surface area contributed by atoms with Gasteiger partial charge in [0.2, 0.25) is 5.91 Å². The molecule has 4 amide bonds. The van der Waals surface area contributed by atoms with Crippen molar-refractivity contribution in [2.45, 2.75) is 38.8 Å². The zero-order chi connectivity index (χ0) is 18.4. The fourth-order valence-corrected chi connectivity index (χ4v) is 2.69. The molecule has 1 heterocycles. The number of hydrogen-bond acceptors (Lipinski definition) is 4. The molecule has 3 N–H and O–H groups in total. The summed E-state index contributed by atoms with van der Waals surface area (Å²) in [7, 11) is 0. The zero-order valence-electron chi connectivity index (χ0n) is 14.6. The molecule has 1 saturated heterocycles. The number of nitrogens with one attached hydrogen (secondary N) is 2. The second kappa shape index (κ2) is 8.62. The first-order valence-electron chi connectivity index (χ1n) is 8.48. The lowest BCUT2D eigenvalue weighted by Gasteiger charge is -2.20. The summed E-state index contributed by atoms with van der Waals surface area (Å²) in [5, 5.41) is 14.5. The molecule has 0 bridgehead atoms. The maximum atomic E-state index is 12.4. The molecule has 0 radical (unpaired) electrons. The SMILES string of the molecule is CC(C)[C@H](CO)NC(=O)C[C@H]1NC(=O)N(CCc2ccccc2)C1=O. The normalized spacial score (nSPS) is 18.4. The van der Waals surface area contributed by atoms with Crippen LogP contribution in [0, 0.1) is 5.92 Å². The Morgan fingerprint density at radius 3 is 2.56 bits per heavy atom. The Labute approximate surface area is 147 Å². The summed E-state index contributed by atoms with van der Waals surface area (Å²) in [6.07, 6.45) is 0.439. The molecule has 7 heteroatoms. The number of carbonyl (C=O) groups is 3. The molecule has 0 unspecified atom stereocenters. The predicted octanol–water partition coefficient (Wildman–Crippen LogP) is 0.673. The first-order valence-corrected chi connectivity index (χ1v) is 8.48. The summed E-state index contributed by atoms with van der Waals surface area (Å²) in [5.74, 6) is -0.678. The Kier molecular flexibility index (Phi) is 6.52. The van der Waals surface area contributed by atoms with Crippen LogP contribution in [0.5, 0.6) is 0 Å². The van der Waals surface area contributed by atoms with E-state index in [1.165, 1.54) is 0 Å². The van der Waals surface area contributed by atoms with Crippen molar-refractivity contribution in [3.63, 3.8) is 0 Å². The summed E-state index contributed by atoms with van der Waals surface area (Å²) in [4.78, 5) is 37.6. The van der Waals surface area contributed by atoms with Gasteiger partial charge in [0.15, 0.2) is 0 Å². The van der Waals surface area contributed by atoms with E-state index in [0.717, 1.165) is 10.5 Å². The third kappa shape index (κ3) is 5.03. The number of amides is 4. The zero-order valence-corrected chi connectivity index (χ0v) is 14.6. The van der Waals surface area contributed by atoms with Crippen molar-refractivity contribution < 1.29 is 19.5 Å². The molecule has 1 aromatic rings. The van der Waals surface area contributed by atoms with Gasteiger partial charge < -0.3 is 15.7 Å². The summed E-state index contributed by atoms with van der Waals surface area (Å²) >= 11 is 0. The van der Waals surface area contributed by atoms with Crippen LogP contribution in [0.15, 0.2) is 30.3 Å². The topological polar surface area (TPSA) is 98.7 Å². The van der Waals surface area contributed by atoms with Crippen LogP contribution in [-0.4, -0.2) is 53.1 Å². The molecule has 0 saturated carbocycles. The number of benzene rings is 1. The van der Waals surface area contributed by atoms with Crippen molar-refractivity contribution in [1.82, 2.24) is 15.5 Å². The highest BCUT2D eigenvalue weighted by Crippen LogP contribution is 2.12. The summed E-state index contributed by atoms with van der Waals surface area (Å²) in [6.45, 7) is 3.87. The molecule has 1 aliphatic rings. The number of rotatable bonds is 8. The number of aliphatic hydroxyl groups excluding tert-OH is 1. The van der Waals surface area contributed by atoms with E-state index in [1.807, 2.05) is 44.2 Å². The Balaban J connectivity index is 1.88. The minimum absolute atomic E-state index is 0.0743. The van der Waals surface area contributed by atoms with E-state index in [4.69, 9.17) is 0 Å². The van der Waals surface area contributed by atoms with Crippen molar-refractivity contribution >= 4 is 17.8 Å². The van der Waals surface area contributed by atoms with Crippen molar-refractivity contribution in [2.75, 3.05) is 13.2 Å². The average Bonchev–Trinajstić information content (AvgIpc) is 2.85. The minimum Gasteiger partial charge on any atom is -0.394 e. The van der Waals surface area contributed by atoms with Gasteiger partial charge in [-0.2, -0.15) is 0 Å². The summed E-state index contributed by atoms with van der Waals surface area (Å²) in [5.41, 5.74) is 1.03. The highest BCUT2D eigenvalue weighted by molar-refractivity contribution is 6.05. The van der Waals surface area contributed by atoms with Gasteiger partial charge in [-0.15, -0.1) is 0 Å². The number of imide groups is 1. The number of hydrogen-bond donors (Lipinski definition) is 3. The molecule has 0 spiro atoms. The van der Waals surface area contributed by atoms with Gasteiger partial charge in [0, 0.05) is 6.54 Å². The summed E-state index contributed by atoms with van der Waals surface area (Å²) in [6, 6.07) is 7.89. The van der Waals surface area contributed by atoms with Crippen molar-refractivity contribution in [1.29, 1.82) is 0 Å². The van der Waals surface area contributed by atoms with E-state index >= 15 is 0 Å². The standard InChI is InChI=1S/C18H25N3O4/c1-12(2)15(11-22)19-16(23)10-14-17(24)21(18(25)20-14)9-8-13-6-4-3-5-7-13/h3-7,12,14-15,22H,8-11H2,1-2H3,(H,19,23)(H,20,25)/t14-,15+/m1/s1. The second-order valence-corrected chi connectivity index (χ2v) is 6.53. The average molecular weight is 347 g/mol. The van der Waals surface area contributed by atoms with E-state index in [-0.39, 0.29) is 43.3 Å². The highest BCUT2D eigenvalue weighted by Gasteiger charge is 2.38. The van der Waals surface area contributed by atoms with Gasteiger partial charge in [0.1, 0.15) is 6.04 Å². The van der Waals surface area contributed by atoms with Crippen LogP contribution in [0.1, 0.15) is 25.8 Å². The number of carbonyl (C=O) groups excluding carboxylic acids is 3. The molecule has 1 aromatic carbocycles. The molecular weight excluding hydrogens is 322 g/mol. The third-order valence-corrected chi connectivity index (χ3v) is 4.31. The number of urea groups is 1. The quantitative estimate of drug-likeness (QED) is 0.602. The Morgan fingerprint density at radius 2 is 1.96 bits per heavy atom. The smallest absolute Gasteiger partial charge is 0.324 e. The van der Waals surface area contributed by atoms with Crippen molar-refractivity contribution in [3.05, 3.63) is 35.9 Å². The molecule has 2 rings (SSSR count). The van der Waals surface area contributed by atoms with Gasteiger partial charge in [0.05, 0.1) is 19.1 Å². The van der Waals surface area contributed by atoms with E-state index in [2.05, 4.69) is 10.6 Å². The van der Waals surface area contributed by atoms with Gasteiger partial charge in [-0.25, -0.2) is 4.79 Å². The van der Waals surface area contributed by atoms with Crippen molar-refractivity contribution in [3.8, 4) is 0 Å². The lowest BCUT2D eigenvalue weighted by Crippen LogP contribution is -2.44. The van der Waals surface area contributed by atoms with Crippen LogP contribution >= 0.6 is 0 Å². The van der Waals surface area contributed by atoms with Crippen LogP contribution in [0.25, 0.3) is 0 Å². The van der Waals surface area contributed by atoms with Gasteiger partial charge in [-0.1, -0.05) is 44.2 Å². The van der Waals surface area contributed by atoms with E-state index in [9.17, 15) is 19.5 Å². The molecule has 25 heavy (non-hydrogen) atoms. The van der Waals surface area contributed by atoms with Crippen LogP contribution < -0.4 is 10.6 Å². The van der Waals surface area contributed by atoms with Crippen LogP contribution in [-0.2, 0) is 16.0 Å². The van der Waals surface area contributed by atoms with Gasteiger partial charge in [-0.3, -0.25) is 14.5 Å². The summed E-state index contributed by atoms with van der Waals surface area (Å²) < 4.78 is 0. The first-order chi connectivity index (χ1) is 11.9. The van der Waals surface area contributed by atoms with Gasteiger partial charge in [-0.05, 0) is 17.9 Å². The molecule has 0 aliphatic carbocycles. The van der Waals surface area contributed by atoms with Crippen LogP contribution in [0.3, 0.4) is 0 Å². The second-order valence-electron chi connectivity index (χ2n) is 6.53. The maximum absolute atomic E-state index is 12.4. The lowest BCUT2D eigenvalue weighted by molar-refractivity contribution is -0.131. The molecule has 1 fully saturated rings. The molecule has 0 aromatic heterocycles. The molecule has 7 nitrogen and oxygen atoms in total. The number of aliphatic hydroxyl groups is 1. The van der Waals surface area contributed by atoms with E-state index < -0.39 is 12.1 Å². The monoisotopic (exact) mass is 347 g/mol. The largest absolute Gasteiger partial charge is 0.394 e. The first kappa shape index (κ1) is 18.9. The van der Waals surface area contributed by atoms with Gasteiger partial charge >= 0.3 is 6.03 Å². The van der Waals surface area contributed by atoms with Gasteiger partial charge in [0.25, 0.3) is 5.91 Å². The maximum Gasteiger partial charge on any atom is 0.324 e. The fraction of sp³-hybridized carbons (Fsp3) is 0.500. The van der Waals surface area contributed by atoms with E-state index in [0.29, 0.717) is 6.42 Å². The third-order valence-electron chi connectivity index (χ3n) is 4.31. The number of nitrogens with zero attached hydrogens (tertiary/aromatic N) is 1. The minimum atomic E-state index is -0.852. The van der Waals surface area contributed by atoms with E-state index in [1.54, 1.807) is 0 Å². The predicted molar refractivity (Wildman–Crippen MR) is 92.7 cm³/mol. The molecule has 136 valence electrons. The van der Waals surface area contributed by atoms with Crippen LogP contribution in [0.4, 0.5) is 4.79 Å². The Bertz CT molecular complexity index is 618. The lowest BCUT2D eigenvalue weighted by atomic mass is 10.0. The molecular formula is C18H25N3O4. The fourth-order valence-electron chi connectivity index (χ4n) is 2.69.